The lowest BCUT2D eigenvalue weighted by molar-refractivity contribution is -0.139. The molecule has 0 saturated carbocycles. The van der Waals surface area contributed by atoms with E-state index >= 15 is 0 Å². The number of benzene rings is 2. The highest BCUT2D eigenvalue weighted by molar-refractivity contribution is 5.80. The van der Waals surface area contributed by atoms with Crippen LogP contribution in [0, 0.1) is 0 Å². The van der Waals surface area contributed by atoms with Crippen molar-refractivity contribution in [1.82, 2.24) is 5.32 Å². The Morgan fingerprint density at radius 2 is 1.88 bits per heavy atom. The van der Waals surface area contributed by atoms with Crippen LogP contribution < -0.4 is 10.6 Å². The van der Waals surface area contributed by atoms with Gasteiger partial charge in [0.1, 0.15) is 12.6 Å². The van der Waals surface area contributed by atoms with E-state index < -0.39 is 18.1 Å². The van der Waals surface area contributed by atoms with Gasteiger partial charge in [-0.05, 0) is 23.6 Å². The molecule has 0 bridgehead atoms. The fourth-order valence-corrected chi connectivity index (χ4v) is 2.98. The number of anilines is 1. The number of fused-ring (bicyclic) bond motifs is 1. The van der Waals surface area contributed by atoms with E-state index in [2.05, 4.69) is 10.6 Å². The van der Waals surface area contributed by atoms with Crippen LogP contribution in [0.3, 0.4) is 0 Å². The summed E-state index contributed by atoms with van der Waals surface area (Å²) in [6.45, 7) is 0.761. The molecule has 6 heteroatoms. The van der Waals surface area contributed by atoms with E-state index in [0.29, 0.717) is 13.0 Å². The van der Waals surface area contributed by atoms with Crippen LogP contribution in [0.25, 0.3) is 0 Å². The Hall–Kier alpha value is -3.02. The van der Waals surface area contributed by atoms with Gasteiger partial charge < -0.3 is 20.5 Å². The van der Waals surface area contributed by atoms with E-state index in [-0.39, 0.29) is 12.5 Å². The molecule has 2 aromatic carbocycles. The summed E-state index contributed by atoms with van der Waals surface area (Å²) in [4.78, 5) is 23.5. The molecule has 3 rings (SSSR count). The third kappa shape index (κ3) is 4.29. The molecule has 0 spiro atoms. The molecule has 0 aromatic heterocycles. The summed E-state index contributed by atoms with van der Waals surface area (Å²) >= 11 is 0. The average Bonchev–Trinajstić information content (AvgIpc) is 3.03. The van der Waals surface area contributed by atoms with Gasteiger partial charge in [-0.3, -0.25) is 0 Å². The Morgan fingerprint density at radius 1 is 1.16 bits per heavy atom. The summed E-state index contributed by atoms with van der Waals surface area (Å²) in [5, 5.41) is 15.1. The number of amides is 1. The number of rotatable bonds is 6. The van der Waals surface area contributed by atoms with Crippen LogP contribution in [0.15, 0.2) is 54.6 Å². The number of nitrogens with one attached hydrogen (secondary N) is 2. The van der Waals surface area contributed by atoms with Crippen molar-refractivity contribution in [3.8, 4) is 0 Å². The predicted octanol–water partition coefficient (Wildman–Crippen LogP) is 2.97. The largest absolute Gasteiger partial charge is 0.480 e. The van der Waals surface area contributed by atoms with Crippen molar-refractivity contribution in [2.24, 2.45) is 0 Å². The molecule has 0 fully saturated rings. The van der Waals surface area contributed by atoms with Crippen molar-refractivity contribution >= 4 is 17.7 Å². The molecular weight excluding hydrogens is 320 g/mol. The summed E-state index contributed by atoms with van der Waals surface area (Å²) < 4.78 is 5.11. The first-order valence-electron chi connectivity index (χ1n) is 8.16. The monoisotopic (exact) mass is 340 g/mol. The number of aliphatic carboxylic acids is 1. The summed E-state index contributed by atoms with van der Waals surface area (Å²) in [7, 11) is 0. The van der Waals surface area contributed by atoms with Gasteiger partial charge in [0.05, 0.1) is 0 Å². The van der Waals surface area contributed by atoms with Gasteiger partial charge >= 0.3 is 12.1 Å². The first-order chi connectivity index (χ1) is 12.1. The number of carbonyl (C=O) groups is 2. The molecule has 130 valence electrons. The Labute approximate surface area is 145 Å². The fourth-order valence-electron chi connectivity index (χ4n) is 2.98. The molecule has 1 aliphatic heterocycles. The fraction of sp³-hybridized carbons (Fsp3) is 0.263. The van der Waals surface area contributed by atoms with Crippen LogP contribution in [-0.4, -0.2) is 29.8 Å². The predicted molar refractivity (Wildman–Crippen MR) is 93.5 cm³/mol. The van der Waals surface area contributed by atoms with Gasteiger partial charge in [0.25, 0.3) is 0 Å². The summed E-state index contributed by atoms with van der Waals surface area (Å²) in [6, 6.07) is 16.0. The molecule has 1 amide bonds. The maximum absolute atomic E-state index is 11.9. The second-order valence-electron chi connectivity index (χ2n) is 6.00. The van der Waals surface area contributed by atoms with Gasteiger partial charge in [-0.15, -0.1) is 0 Å². The third-order valence-corrected chi connectivity index (χ3v) is 4.26. The Kier molecular flexibility index (Phi) is 5.18. The summed E-state index contributed by atoms with van der Waals surface area (Å²) in [5.41, 5.74) is 2.94. The van der Waals surface area contributed by atoms with Gasteiger partial charge in [0.15, 0.2) is 0 Å². The highest BCUT2D eigenvalue weighted by atomic mass is 16.5. The zero-order valence-corrected chi connectivity index (χ0v) is 13.6. The van der Waals surface area contributed by atoms with Crippen LogP contribution in [0.4, 0.5) is 10.5 Å². The van der Waals surface area contributed by atoms with Gasteiger partial charge in [0, 0.05) is 18.2 Å². The molecule has 2 aromatic rings. The molecule has 2 atom stereocenters. The smallest absolute Gasteiger partial charge is 0.408 e. The Bertz CT molecular complexity index is 748. The van der Waals surface area contributed by atoms with Crippen LogP contribution in [0.2, 0.25) is 0 Å². The molecule has 3 N–H and O–H groups in total. The first kappa shape index (κ1) is 16.8. The van der Waals surface area contributed by atoms with Crippen LogP contribution >= 0.6 is 0 Å². The average molecular weight is 340 g/mol. The van der Waals surface area contributed by atoms with E-state index in [1.165, 1.54) is 0 Å². The summed E-state index contributed by atoms with van der Waals surface area (Å²) in [6.07, 6.45) is -0.421. The van der Waals surface area contributed by atoms with Gasteiger partial charge in [-0.25, -0.2) is 9.59 Å². The molecule has 0 radical (unpaired) electrons. The van der Waals surface area contributed by atoms with E-state index in [0.717, 1.165) is 16.8 Å². The lowest BCUT2D eigenvalue weighted by Gasteiger charge is -2.18. The highest BCUT2D eigenvalue weighted by Gasteiger charge is 2.29. The van der Waals surface area contributed by atoms with Crippen molar-refractivity contribution in [2.75, 3.05) is 11.9 Å². The van der Waals surface area contributed by atoms with Gasteiger partial charge in [-0.1, -0.05) is 48.5 Å². The second kappa shape index (κ2) is 7.70. The lowest BCUT2D eigenvalue weighted by atomic mass is 9.94. The molecule has 1 aliphatic rings. The van der Waals surface area contributed by atoms with Gasteiger partial charge in [-0.2, -0.15) is 0 Å². The number of carboxylic acids is 1. The lowest BCUT2D eigenvalue weighted by Crippen LogP contribution is -2.42. The zero-order chi connectivity index (χ0) is 17.6. The second-order valence-corrected chi connectivity index (χ2v) is 6.00. The van der Waals surface area contributed by atoms with E-state index in [1.54, 1.807) is 0 Å². The maximum atomic E-state index is 11.9. The van der Waals surface area contributed by atoms with E-state index in [4.69, 9.17) is 4.74 Å². The normalized spacial score (nSPS) is 16.4. The number of carbonyl (C=O) groups excluding carboxylic acids is 1. The van der Waals surface area contributed by atoms with Crippen LogP contribution in [0.5, 0.6) is 0 Å². The SMILES string of the molecule is O=C(N[C@H](C[C@H]1CNc2ccccc21)C(=O)O)OCc1ccccc1. The first-order valence-corrected chi connectivity index (χ1v) is 8.16. The topological polar surface area (TPSA) is 87.7 Å². The quantitative estimate of drug-likeness (QED) is 0.752. The number of alkyl carbamates (subject to hydrolysis) is 1. The standard InChI is InChI=1S/C19H20N2O4/c22-18(23)17(10-14-11-20-16-9-5-4-8-15(14)16)21-19(24)25-12-13-6-2-1-3-7-13/h1-9,14,17,20H,10-12H2,(H,21,24)(H,22,23)/t14-,17+/m0/s1. The Balaban J connectivity index is 1.57. The number of para-hydroxylation sites is 1. The van der Waals surface area contributed by atoms with Crippen molar-refractivity contribution in [3.63, 3.8) is 0 Å². The molecule has 6 nitrogen and oxygen atoms in total. The van der Waals surface area contributed by atoms with E-state index in [1.807, 2.05) is 54.6 Å². The third-order valence-electron chi connectivity index (χ3n) is 4.26. The molecule has 1 heterocycles. The van der Waals surface area contributed by atoms with Crippen molar-refractivity contribution in [1.29, 1.82) is 0 Å². The van der Waals surface area contributed by atoms with Crippen molar-refractivity contribution in [3.05, 3.63) is 65.7 Å². The molecule has 0 unspecified atom stereocenters. The number of hydrogen-bond acceptors (Lipinski definition) is 4. The van der Waals surface area contributed by atoms with Crippen LogP contribution in [-0.2, 0) is 16.1 Å². The molecule has 0 saturated heterocycles. The summed E-state index contributed by atoms with van der Waals surface area (Å²) in [5.74, 6) is -1.03. The van der Waals surface area contributed by atoms with Crippen molar-refractivity contribution < 1.29 is 19.4 Å². The number of carboxylic acid groups (broad SMARTS) is 1. The van der Waals surface area contributed by atoms with Crippen LogP contribution in [0.1, 0.15) is 23.5 Å². The molecule has 25 heavy (non-hydrogen) atoms. The minimum atomic E-state index is -1.07. The number of ether oxygens (including phenoxy) is 1. The number of hydrogen-bond donors (Lipinski definition) is 3. The highest BCUT2D eigenvalue weighted by Crippen LogP contribution is 2.33. The van der Waals surface area contributed by atoms with Gasteiger partial charge in [0.2, 0.25) is 0 Å². The zero-order valence-electron chi connectivity index (χ0n) is 13.6. The van der Waals surface area contributed by atoms with E-state index in [9.17, 15) is 14.7 Å². The Morgan fingerprint density at radius 3 is 2.64 bits per heavy atom. The minimum absolute atomic E-state index is 0.0340. The molecular formula is C19H20N2O4. The maximum Gasteiger partial charge on any atom is 0.408 e. The minimum Gasteiger partial charge on any atom is -0.480 e. The molecule has 0 aliphatic carbocycles. The van der Waals surface area contributed by atoms with Crippen molar-refractivity contribution in [2.45, 2.75) is 25.0 Å².